The maximum absolute atomic E-state index is 14.1. The fraction of sp³-hybridized carbons (Fsp3) is 0.278. The number of aromatic nitrogens is 1. The summed E-state index contributed by atoms with van der Waals surface area (Å²) in [6, 6.07) is 12.7. The molecule has 25 heavy (non-hydrogen) atoms. The molecule has 0 radical (unpaired) electrons. The average molecular weight is 344 g/mol. The van der Waals surface area contributed by atoms with Crippen molar-refractivity contribution in [1.29, 1.82) is 0 Å². The Morgan fingerprint density at radius 1 is 1.24 bits per heavy atom. The molecule has 6 nitrogen and oxygen atoms in total. The molecule has 1 aromatic heterocycles. The molecule has 0 saturated carbocycles. The van der Waals surface area contributed by atoms with E-state index >= 15 is 0 Å². The van der Waals surface area contributed by atoms with Gasteiger partial charge in [-0.2, -0.15) is 0 Å². The number of rotatable bonds is 5. The van der Waals surface area contributed by atoms with Crippen molar-refractivity contribution < 1.29 is 23.8 Å². The predicted octanol–water partition coefficient (Wildman–Crippen LogP) is 2.30. The molecule has 1 N–H and O–H groups in total. The van der Waals surface area contributed by atoms with Gasteiger partial charge in [-0.05, 0) is 11.6 Å². The zero-order valence-electron chi connectivity index (χ0n) is 13.4. The summed E-state index contributed by atoms with van der Waals surface area (Å²) >= 11 is 0. The SMILES string of the molecule is O=C(c1ccc(OCc2ccccc2)nc1)N1CCC(F)(C(=O)O)C1. The maximum Gasteiger partial charge on any atom is 0.343 e. The Morgan fingerprint density at radius 2 is 2.00 bits per heavy atom. The second kappa shape index (κ2) is 6.88. The fourth-order valence-corrected chi connectivity index (χ4v) is 2.63. The number of aliphatic carboxylic acids is 1. The molecule has 1 aromatic carbocycles. The number of carbonyl (C=O) groups is 2. The summed E-state index contributed by atoms with van der Waals surface area (Å²) in [6.45, 7) is -0.0302. The molecular weight excluding hydrogens is 327 g/mol. The van der Waals surface area contributed by atoms with Crippen LogP contribution in [0.15, 0.2) is 48.7 Å². The van der Waals surface area contributed by atoms with Gasteiger partial charge in [0.05, 0.1) is 12.1 Å². The van der Waals surface area contributed by atoms with Crippen LogP contribution in [-0.2, 0) is 11.4 Å². The number of carbonyl (C=O) groups excluding carboxylic acids is 1. The number of amides is 1. The average Bonchev–Trinajstić information content (AvgIpc) is 3.04. The summed E-state index contributed by atoms with van der Waals surface area (Å²) in [5.74, 6) is -1.61. The van der Waals surface area contributed by atoms with E-state index in [9.17, 15) is 14.0 Å². The minimum atomic E-state index is -2.37. The van der Waals surface area contributed by atoms with E-state index in [-0.39, 0.29) is 18.5 Å². The Kier molecular flexibility index (Phi) is 4.65. The number of hydrogen-bond acceptors (Lipinski definition) is 4. The molecule has 130 valence electrons. The molecule has 1 unspecified atom stereocenters. The summed E-state index contributed by atoms with van der Waals surface area (Å²) in [6.07, 6.45) is 1.14. The summed E-state index contributed by atoms with van der Waals surface area (Å²) in [5.41, 5.74) is -1.11. The summed E-state index contributed by atoms with van der Waals surface area (Å²) in [4.78, 5) is 28.5. The molecule has 3 rings (SSSR count). The van der Waals surface area contributed by atoms with E-state index in [2.05, 4.69) is 4.98 Å². The van der Waals surface area contributed by atoms with Gasteiger partial charge in [0.2, 0.25) is 11.5 Å². The zero-order chi connectivity index (χ0) is 17.9. The Balaban J connectivity index is 1.60. The van der Waals surface area contributed by atoms with E-state index in [1.54, 1.807) is 6.07 Å². The lowest BCUT2D eigenvalue weighted by molar-refractivity contribution is -0.149. The number of benzene rings is 1. The van der Waals surface area contributed by atoms with E-state index in [0.29, 0.717) is 12.5 Å². The molecular formula is C18H17FN2O4. The topological polar surface area (TPSA) is 79.7 Å². The molecule has 1 fully saturated rings. The van der Waals surface area contributed by atoms with Crippen molar-refractivity contribution in [2.24, 2.45) is 0 Å². The quantitative estimate of drug-likeness (QED) is 0.900. The standard InChI is InChI=1S/C18H17FN2O4/c19-18(17(23)24)8-9-21(12-18)16(22)14-6-7-15(20-10-14)25-11-13-4-2-1-3-5-13/h1-7,10H,8-9,11-12H2,(H,23,24). The van der Waals surface area contributed by atoms with E-state index < -0.39 is 24.1 Å². The van der Waals surface area contributed by atoms with E-state index in [0.717, 1.165) is 5.56 Å². The largest absolute Gasteiger partial charge is 0.479 e. The predicted molar refractivity (Wildman–Crippen MR) is 87.0 cm³/mol. The third-order valence-corrected chi connectivity index (χ3v) is 4.10. The van der Waals surface area contributed by atoms with Crippen LogP contribution in [0.1, 0.15) is 22.3 Å². The Morgan fingerprint density at radius 3 is 2.60 bits per heavy atom. The highest BCUT2D eigenvalue weighted by molar-refractivity contribution is 5.95. The summed E-state index contributed by atoms with van der Waals surface area (Å²) in [5, 5.41) is 8.89. The molecule has 0 bridgehead atoms. The minimum absolute atomic E-state index is 0.0634. The highest BCUT2D eigenvalue weighted by Crippen LogP contribution is 2.27. The minimum Gasteiger partial charge on any atom is -0.479 e. The second-order valence-electron chi connectivity index (χ2n) is 5.91. The van der Waals surface area contributed by atoms with Gasteiger partial charge in [0.1, 0.15) is 6.61 Å². The van der Waals surface area contributed by atoms with Gasteiger partial charge < -0.3 is 14.7 Å². The van der Waals surface area contributed by atoms with E-state index in [1.807, 2.05) is 30.3 Å². The van der Waals surface area contributed by atoms with Crippen molar-refractivity contribution in [1.82, 2.24) is 9.88 Å². The van der Waals surface area contributed by atoms with Gasteiger partial charge >= 0.3 is 5.97 Å². The van der Waals surface area contributed by atoms with Crippen molar-refractivity contribution >= 4 is 11.9 Å². The molecule has 2 heterocycles. The first-order chi connectivity index (χ1) is 12.0. The first-order valence-corrected chi connectivity index (χ1v) is 7.82. The Labute approximate surface area is 143 Å². The molecule has 2 aromatic rings. The number of hydrogen-bond donors (Lipinski definition) is 1. The van der Waals surface area contributed by atoms with Crippen LogP contribution in [0, 0.1) is 0 Å². The number of halogens is 1. The number of nitrogens with zero attached hydrogens (tertiary/aromatic N) is 2. The fourth-order valence-electron chi connectivity index (χ4n) is 2.63. The van der Waals surface area contributed by atoms with E-state index in [1.165, 1.54) is 17.2 Å². The monoisotopic (exact) mass is 344 g/mol. The van der Waals surface area contributed by atoms with Gasteiger partial charge in [0, 0.05) is 25.2 Å². The molecule has 7 heteroatoms. The van der Waals surface area contributed by atoms with Gasteiger partial charge in [0.25, 0.3) is 5.91 Å². The number of ether oxygens (including phenoxy) is 1. The lowest BCUT2D eigenvalue weighted by Crippen LogP contribution is -2.38. The number of pyridine rings is 1. The number of carboxylic acids is 1. The van der Waals surface area contributed by atoms with Crippen molar-refractivity contribution in [3.8, 4) is 5.88 Å². The third kappa shape index (κ3) is 3.76. The molecule has 1 aliphatic heterocycles. The molecule has 1 amide bonds. The highest BCUT2D eigenvalue weighted by Gasteiger charge is 2.47. The number of alkyl halides is 1. The normalized spacial score (nSPS) is 19.6. The summed E-state index contributed by atoms with van der Waals surface area (Å²) < 4.78 is 19.6. The van der Waals surface area contributed by atoms with Crippen LogP contribution < -0.4 is 4.74 Å². The first-order valence-electron chi connectivity index (χ1n) is 7.82. The second-order valence-corrected chi connectivity index (χ2v) is 5.91. The zero-order valence-corrected chi connectivity index (χ0v) is 13.4. The van der Waals surface area contributed by atoms with Crippen LogP contribution in [0.4, 0.5) is 4.39 Å². The van der Waals surface area contributed by atoms with Crippen LogP contribution >= 0.6 is 0 Å². The van der Waals surface area contributed by atoms with Crippen molar-refractivity contribution in [3.05, 3.63) is 59.8 Å². The van der Waals surface area contributed by atoms with Crippen LogP contribution in [0.5, 0.6) is 5.88 Å². The molecule has 0 spiro atoms. The maximum atomic E-state index is 14.1. The lowest BCUT2D eigenvalue weighted by Gasteiger charge is -2.17. The van der Waals surface area contributed by atoms with Gasteiger partial charge in [0.15, 0.2) is 0 Å². The van der Waals surface area contributed by atoms with Crippen molar-refractivity contribution in [2.45, 2.75) is 18.7 Å². The number of carboxylic acid groups (broad SMARTS) is 1. The molecule has 0 aliphatic carbocycles. The smallest absolute Gasteiger partial charge is 0.343 e. The van der Waals surface area contributed by atoms with Crippen LogP contribution in [0.3, 0.4) is 0 Å². The van der Waals surface area contributed by atoms with Crippen LogP contribution in [-0.4, -0.2) is 45.6 Å². The van der Waals surface area contributed by atoms with E-state index in [4.69, 9.17) is 9.84 Å². The van der Waals surface area contributed by atoms with Crippen molar-refractivity contribution in [2.75, 3.05) is 13.1 Å². The Bertz CT molecular complexity index is 766. The Hall–Kier alpha value is -2.96. The lowest BCUT2D eigenvalue weighted by atomic mass is 10.1. The van der Waals surface area contributed by atoms with Gasteiger partial charge in [-0.25, -0.2) is 14.2 Å². The van der Waals surface area contributed by atoms with Crippen molar-refractivity contribution in [3.63, 3.8) is 0 Å². The van der Waals surface area contributed by atoms with Gasteiger partial charge in [-0.1, -0.05) is 30.3 Å². The van der Waals surface area contributed by atoms with Crippen LogP contribution in [0.2, 0.25) is 0 Å². The first kappa shape index (κ1) is 16.9. The molecule has 1 saturated heterocycles. The third-order valence-electron chi connectivity index (χ3n) is 4.10. The highest BCUT2D eigenvalue weighted by atomic mass is 19.1. The van der Waals surface area contributed by atoms with Gasteiger partial charge in [-0.15, -0.1) is 0 Å². The van der Waals surface area contributed by atoms with Gasteiger partial charge in [-0.3, -0.25) is 4.79 Å². The molecule has 1 aliphatic rings. The van der Waals surface area contributed by atoms with Crippen LogP contribution in [0.25, 0.3) is 0 Å². The number of likely N-dealkylation sites (tertiary alicyclic amines) is 1. The molecule has 1 atom stereocenters. The summed E-state index contributed by atoms with van der Waals surface area (Å²) in [7, 11) is 0.